The summed E-state index contributed by atoms with van der Waals surface area (Å²) in [5.74, 6) is 0.00137. The Balaban J connectivity index is 1.59. The second kappa shape index (κ2) is 10.1. The summed E-state index contributed by atoms with van der Waals surface area (Å²) >= 11 is 0. The Labute approximate surface area is 149 Å². The molecule has 25 heavy (non-hydrogen) atoms. The number of amides is 4. The maximum Gasteiger partial charge on any atom is 0.409 e. The van der Waals surface area contributed by atoms with Crippen LogP contribution in [0.4, 0.5) is 9.59 Å². The highest BCUT2D eigenvalue weighted by molar-refractivity contribution is 5.78. The molecular formula is C17H30N4O4. The van der Waals surface area contributed by atoms with Crippen molar-refractivity contribution in [1.29, 1.82) is 0 Å². The Kier molecular flexibility index (Phi) is 7.81. The van der Waals surface area contributed by atoms with Crippen molar-refractivity contribution in [2.75, 3.05) is 39.3 Å². The molecule has 0 aromatic carbocycles. The fourth-order valence-corrected chi connectivity index (χ4v) is 3.28. The lowest BCUT2D eigenvalue weighted by Crippen LogP contribution is -2.51. The van der Waals surface area contributed by atoms with E-state index in [9.17, 15) is 14.4 Å². The Morgan fingerprint density at radius 1 is 1.00 bits per heavy atom. The van der Waals surface area contributed by atoms with Gasteiger partial charge in [0, 0.05) is 45.2 Å². The molecule has 0 atom stereocenters. The first-order chi connectivity index (χ1) is 12.1. The predicted octanol–water partition coefficient (Wildman–Crippen LogP) is 1.31. The van der Waals surface area contributed by atoms with Crippen molar-refractivity contribution >= 4 is 18.0 Å². The fraction of sp³-hybridized carbons (Fsp3) is 0.824. The normalized spacial score (nSPS) is 18.6. The number of hydrogen-bond acceptors (Lipinski definition) is 4. The third-order valence-electron chi connectivity index (χ3n) is 4.72. The minimum atomic E-state index is -0.323. The molecule has 1 aliphatic carbocycles. The van der Waals surface area contributed by atoms with Gasteiger partial charge in [0.05, 0.1) is 6.61 Å². The van der Waals surface area contributed by atoms with Gasteiger partial charge in [-0.2, -0.15) is 0 Å². The van der Waals surface area contributed by atoms with E-state index in [-0.39, 0.29) is 30.5 Å². The molecule has 0 aromatic rings. The second-order valence-electron chi connectivity index (χ2n) is 6.55. The number of ether oxygens (including phenoxy) is 1. The first-order valence-corrected chi connectivity index (χ1v) is 9.34. The van der Waals surface area contributed by atoms with Gasteiger partial charge in [-0.05, 0) is 19.8 Å². The zero-order chi connectivity index (χ0) is 18.1. The van der Waals surface area contributed by atoms with E-state index in [4.69, 9.17) is 4.74 Å². The largest absolute Gasteiger partial charge is 0.450 e. The number of urea groups is 1. The third kappa shape index (κ3) is 6.43. The molecular weight excluding hydrogens is 324 g/mol. The number of carbonyl (C=O) groups excluding carboxylic acids is 3. The molecule has 0 radical (unpaired) electrons. The molecule has 142 valence electrons. The zero-order valence-corrected chi connectivity index (χ0v) is 15.1. The molecule has 2 rings (SSSR count). The van der Waals surface area contributed by atoms with Crippen LogP contribution in [-0.4, -0.2) is 73.2 Å². The summed E-state index contributed by atoms with van der Waals surface area (Å²) in [6.07, 6.45) is 5.61. The van der Waals surface area contributed by atoms with Gasteiger partial charge in [0.15, 0.2) is 0 Å². The summed E-state index contributed by atoms with van der Waals surface area (Å²) in [7, 11) is 0. The van der Waals surface area contributed by atoms with Gasteiger partial charge >= 0.3 is 12.1 Å². The Bertz CT molecular complexity index is 458. The molecule has 2 fully saturated rings. The van der Waals surface area contributed by atoms with Crippen LogP contribution >= 0.6 is 0 Å². The van der Waals surface area contributed by atoms with Crippen molar-refractivity contribution in [3.63, 3.8) is 0 Å². The zero-order valence-electron chi connectivity index (χ0n) is 15.1. The molecule has 4 amide bonds. The van der Waals surface area contributed by atoms with Crippen LogP contribution in [0.1, 0.15) is 45.4 Å². The number of rotatable bonds is 5. The second-order valence-corrected chi connectivity index (χ2v) is 6.55. The van der Waals surface area contributed by atoms with Gasteiger partial charge in [0.25, 0.3) is 0 Å². The van der Waals surface area contributed by atoms with Crippen molar-refractivity contribution < 1.29 is 19.1 Å². The SMILES string of the molecule is CCOC(=O)N1CCN(C(=O)CCNC(=O)NC2CCCCC2)CC1. The van der Waals surface area contributed by atoms with E-state index in [1.54, 1.807) is 16.7 Å². The number of hydrogen-bond donors (Lipinski definition) is 2. The van der Waals surface area contributed by atoms with Gasteiger partial charge in [-0.1, -0.05) is 19.3 Å². The third-order valence-corrected chi connectivity index (χ3v) is 4.72. The highest BCUT2D eigenvalue weighted by atomic mass is 16.6. The molecule has 0 aromatic heterocycles. The lowest BCUT2D eigenvalue weighted by atomic mass is 9.96. The van der Waals surface area contributed by atoms with Crippen LogP contribution in [0.5, 0.6) is 0 Å². The van der Waals surface area contributed by atoms with Gasteiger partial charge < -0.3 is 25.2 Å². The van der Waals surface area contributed by atoms with Gasteiger partial charge in [0.1, 0.15) is 0 Å². The van der Waals surface area contributed by atoms with E-state index in [0.29, 0.717) is 39.3 Å². The number of carbonyl (C=O) groups is 3. The Morgan fingerprint density at radius 3 is 2.28 bits per heavy atom. The lowest BCUT2D eigenvalue weighted by Gasteiger charge is -2.34. The molecule has 2 N–H and O–H groups in total. The summed E-state index contributed by atoms with van der Waals surface area (Å²) in [6, 6.07) is 0.0761. The van der Waals surface area contributed by atoms with Crippen LogP contribution < -0.4 is 10.6 Å². The van der Waals surface area contributed by atoms with E-state index in [2.05, 4.69) is 10.6 Å². The average Bonchev–Trinajstić information content (AvgIpc) is 2.63. The van der Waals surface area contributed by atoms with Gasteiger partial charge in [-0.25, -0.2) is 9.59 Å². The quantitative estimate of drug-likeness (QED) is 0.779. The van der Waals surface area contributed by atoms with Crippen molar-refractivity contribution in [2.24, 2.45) is 0 Å². The monoisotopic (exact) mass is 354 g/mol. The van der Waals surface area contributed by atoms with Crippen LogP contribution in [0.2, 0.25) is 0 Å². The minimum absolute atomic E-state index is 0.00137. The van der Waals surface area contributed by atoms with E-state index in [1.807, 2.05) is 0 Å². The van der Waals surface area contributed by atoms with E-state index < -0.39 is 0 Å². The first-order valence-electron chi connectivity index (χ1n) is 9.34. The van der Waals surface area contributed by atoms with Gasteiger partial charge in [-0.15, -0.1) is 0 Å². The molecule has 1 saturated carbocycles. The van der Waals surface area contributed by atoms with Gasteiger partial charge in [-0.3, -0.25) is 4.79 Å². The highest BCUT2D eigenvalue weighted by Crippen LogP contribution is 2.17. The van der Waals surface area contributed by atoms with Crippen molar-refractivity contribution in [1.82, 2.24) is 20.4 Å². The van der Waals surface area contributed by atoms with Crippen LogP contribution in [0.3, 0.4) is 0 Å². The minimum Gasteiger partial charge on any atom is -0.450 e. The summed E-state index contributed by atoms with van der Waals surface area (Å²) in [5, 5.41) is 5.73. The first kappa shape index (κ1) is 19.3. The number of piperazine rings is 1. The van der Waals surface area contributed by atoms with E-state index in [0.717, 1.165) is 12.8 Å². The standard InChI is InChI=1S/C17H30N4O4/c1-2-25-17(24)21-12-10-20(11-13-21)15(22)8-9-18-16(23)19-14-6-4-3-5-7-14/h14H,2-13H2,1H3,(H2,18,19,23). The van der Waals surface area contributed by atoms with Gasteiger partial charge in [0.2, 0.25) is 5.91 Å². The average molecular weight is 354 g/mol. The topological polar surface area (TPSA) is 91.0 Å². The summed E-state index contributed by atoms with van der Waals surface area (Å²) in [4.78, 5) is 39.0. The molecule has 1 heterocycles. The van der Waals surface area contributed by atoms with Crippen molar-refractivity contribution in [3.05, 3.63) is 0 Å². The van der Waals surface area contributed by atoms with E-state index >= 15 is 0 Å². The predicted molar refractivity (Wildman–Crippen MR) is 93.2 cm³/mol. The van der Waals surface area contributed by atoms with Crippen molar-refractivity contribution in [3.8, 4) is 0 Å². The molecule has 0 unspecified atom stereocenters. The molecule has 2 aliphatic rings. The Morgan fingerprint density at radius 2 is 1.64 bits per heavy atom. The molecule has 8 nitrogen and oxygen atoms in total. The molecule has 0 spiro atoms. The Hall–Kier alpha value is -1.99. The van der Waals surface area contributed by atoms with Crippen LogP contribution in [-0.2, 0) is 9.53 Å². The maximum absolute atomic E-state index is 12.2. The number of nitrogens with one attached hydrogen (secondary N) is 2. The summed E-state index contributed by atoms with van der Waals surface area (Å²) in [5.41, 5.74) is 0. The number of nitrogens with zero attached hydrogens (tertiary/aromatic N) is 2. The molecule has 8 heteroatoms. The lowest BCUT2D eigenvalue weighted by molar-refractivity contribution is -0.132. The van der Waals surface area contributed by atoms with Crippen LogP contribution in [0.15, 0.2) is 0 Å². The molecule has 0 bridgehead atoms. The van der Waals surface area contributed by atoms with Crippen LogP contribution in [0.25, 0.3) is 0 Å². The highest BCUT2D eigenvalue weighted by Gasteiger charge is 2.24. The van der Waals surface area contributed by atoms with Crippen molar-refractivity contribution in [2.45, 2.75) is 51.5 Å². The summed E-state index contributed by atoms with van der Waals surface area (Å²) < 4.78 is 4.96. The smallest absolute Gasteiger partial charge is 0.409 e. The van der Waals surface area contributed by atoms with Crippen LogP contribution in [0, 0.1) is 0 Å². The maximum atomic E-state index is 12.2. The molecule has 1 saturated heterocycles. The molecule has 1 aliphatic heterocycles. The fourth-order valence-electron chi connectivity index (χ4n) is 3.28. The van der Waals surface area contributed by atoms with E-state index in [1.165, 1.54) is 19.3 Å². The summed E-state index contributed by atoms with van der Waals surface area (Å²) in [6.45, 7) is 4.44.